The predicted octanol–water partition coefficient (Wildman–Crippen LogP) is 18.6. The molecule has 19 heteroatoms. The quantitative estimate of drug-likeness (QED) is 0.0169. The van der Waals surface area contributed by atoms with Gasteiger partial charge in [0.1, 0.15) is 19.3 Å². The average molecular weight is 1280 g/mol. The zero-order valence-corrected chi connectivity index (χ0v) is 57.7. The van der Waals surface area contributed by atoms with Gasteiger partial charge in [0, 0.05) is 25.7 Å². The van der Waals surface area contributed by atoms with Gasteiger partial charge in [-0.05, 0) is 69.1 Å². The van der Waals surface area contributed by atoms with Crippen LogP contribution in [0.5, 0.6) is 0 Å². The Hall–Kier alpha value is -2.46. The molecule has 0 rings (SSSR count). The van der Waals surface area contributed by atoms with Crippen LogP contribution in [0.2, 0.25) is 0 Å². The Morgan fingerprint density at radius 1 is 0.356 bits per heavy atom. The lowest BCUT2D eigenvalue weighted by molar-refractivity contribution is -0.161. The summed E-state index contributed by atoms with van der Waals surface area (Å²) in [6.07, 6.45) is 44.1. The molecule has 3 unspecified atom stereocenters. The van der Waals surface area contributed by atoms with Crippen molar-refractivity contribution < 1.29 is 80.2 Å². The summed E-state index contributed by atoms with van der Waals surface area (Å²) < 4.78 is 68.1. The SMILES string of the molecule is CCCCCC/C=C\C=C/CCCCCCCC(=O)O[C@H](COC(=O)CCCCCCCCCC(C)C)COP(=O)(O)OCC(O)COP(=O)(O)OC[C@@H](COC(=O)CCCCCCCCC(C)C)OC(=O)CCCCCCCCCCCCC(C)C. The highest BCUT2D eigenvalue weighted by atomic mass is 31.2. The van der Waals surface area contributed by atoms with Gasteiger partial charge in [0.2, 0.25) is 0 Å². The summed E-state index contributed by atoms with van der Waals surface area (Å²) in [6, 6.07) is 0. The van der Waals surface area contributed by atoms with Crippen molar-refractivity contribution in [3.8, 4) is 0 Å². The topological polar surface area (TPSA) is 237 Å². The van der Waals surface area contributed by atoms with Crippen LogP contribution in [-0.2, 0) is 65.4 Å². The number of rotatable bonds is 64. The lowest BCUT2D eigenvalue weighted by atomic mass is 10.0. The van der Waals surface area contributed by atoms with Crippen LogP contribution in [0.1, 0.15) is 312 Å². The van der Waals surface area contributed by atoms with Gasteiger partial charge in [-0.3, -0.25) is 37.3 Å². The molecule has 5 atom stereocenters. The Labute approximate surface area is 529 Å². The Morgan fingerprint density at radius 3 is 0.931 bits per heavy atom. The number of ether oxygens (including phenoxy) is 4. The van der Waals surface area contributed by atoms with Crippen LogP contribution in [0.25, 0.3) is 0 Å². The van der Waals surface area contributed by atoms with Crippen molar-refractivity contribution in [3.05, 3.63) is 24.3 Å². The zero-order valence-electron chi connectivity index (χ0n) is 56.0. The van der Waals surface area contributed by atoms with E-state index in [0.717, 1.165) is 121 Å². The Bertz CT molecular complexity index is 1810. The second kappa shape index (κ2) is 58.6. The smallest absolute Gasteiger partial charge is 0.462 e. The van der Waals surface area contributed by atoms with Crippen molar-refractivity contribution in [3.63, 3.8) is 0 Å². The minimum Gasteiger partial charge on any atom is -0.462 e. The molecule has 0 aromatic carbocycles. The van der Waals surface area contributed by atoms with Crippen molar-refractivity contribution >= 4 is 39.5 Å². The van der Waals surface area contributed by atoms with Crippen LogP contribution in [-0.4, -0.2) is 96.7 Å². The van der Waals surface area contributed by atoms with Crippen molar-refractivity contribution in [2.24, 2.45) is 17.8 Å². The number of hydrogen-bond donors (Lipinski definition) is 3. The third-order valence-electron chi connectivity index (χ3n) is 15.0. The fourth-order valence-electron chi connectivity index (χ4n) is 9.65. The van der Waals surface area contributed by atoms with Crippen LogP contribution in [0.3, 0.4) is 0 Å². The number of phosphoric acid groups is 2. The number of hydrogen-bond acceptors (Lipinski definition) is 15. The molecule has 0 saturated carbocycles. The molecule has 17 nitrogen and oxygen atoms in total. The average Bonchev–Trinajstić information content (AvgIpc) is 3.68. The summed E-state index contributed by atoms with van der Waals surface area (Å²) in [5.41, 5.74) is 0. The van der Waals surface area contributed by atoms with Crippen molar-refractivity contribution in [2.75, 3.05) is 39.6 Å². The van der Waals surface area contributed by atoms with Gasteiger partial charge in [0.15, 0.2) is 12.2 Å². The monoisotopic (exact) mass is 1280 g/mol. The number of allylic oxidation sites excluding steroid dienone is 4. The van der Waals surface area contributed by atoms with Gasteiger partial charge < -0.3 is 33.8 Å². The molecule has 0 heterocycles. The molecule has 0 spiro atoms. The fraction of sp³-hybridized carbons (Fsp3) is 0.882. The molecule has 0 saturated heterocycles. The summed E-state index contributed by atoms with van der Waals surface area (Å²) in [6.45, 7) is 11.6. The predicted molar refractivity (Wildman–Crippen MR) is 349 cm³/mol. The van der Waals surface area contributed by atoms with Gasteiger partial charge >= 0.3 is 39.5 Å². The van der Waals surface area contributed by atoms with Crippen molar-refractivity contribution in [1.82, 2.24) is 0 Å². The molecule has 0 aromatic rings. The number of carbonyl (C=O) groups is 4. The van der Waals surface area contributed by atoms with Crippen LogP contribution in [0.15, 0.2) is 24.3 Å². The molecule has 0 aliphatic rings. The van der Waals surface area contributed by atoms with Gasteiger partial charge in [-0.15, -0.1) is 0 Å². The Balaban J connectivity index is 5.28. The lowest BCUT2D eigenvalue weighted by Crippen LogP contribution is -2.30. The molecule has 87 heavy (non-hydrogen) atoms. The highest BCUT2D eigenvalue weighted by Crippen LogP contribution is 2.45. The molecule has 0 bridgehead atoms. The molecule has 3 N–H and O–H groups in total. The van der Waals surface area contributed by atoms with E-state index in [0.29, 0.717) is 37.5 Å². The third-order valence-corrected chi connectivity index (χ3v) is 16.9. The first-order valence-corrected chi connectivity index (χ1v) is 37.7. The maximum atomic E-state index is 13.0. The summed E-state index contributed by atoms with van der Waals surface area (Å²) in [4.78, 5) is 72.3. The van der Waals surface area contributed by atoms with Gasteiger partial charge in [-0.1, -0.05) is 259 Å². The fourth-order valence-corrected chi connectivity index (χ4v) is 11.2. The molecule has 0 aliphatic carbocycles. The lowest BCUT2D eigenvalue weighted by Gasteiger charge is -2.21. The number of aliphatic hydroxyl groups is 1. The highest BCUT2D eigenvalue weighted by Gasteiger charge is 2.30. The first kappa shape index (κ1) is 84.5. The first-order chi connectivity index (χ1) is 41.7. The number of unbranched alkanes of at least 4 members (excludes halogenated alkanes) is 29. The molecule has 0 aromatic heterocycles. The van der Waals surface area contributed by atoms with Crippen molar-refractivity contribution in [2.45, 2.75) is 330 Å². The number of carbonyl (C=O) groups excluding carboxylic acids is 4. The van der Waals surface area contributed by atoms with E-state index < -0.39 is 97.5 Å². The van der Waals surface area contributed by atoms with E-state index in [-0.39, 0.29) is 25.7 Å². The van der Waals surface area contributed by atoms with E-state index in [1.54, 1.807) is 0 Å². The largest absolute Gasteiger partial charge is 0.472 e. The molecular formula is C68H128O17P2. The van der Waals surface area contributed by atoms with Gasteiger partial charge in [-0.25, -0.2) is 9.13 Å². The maximum Gasteiger partial charge on any atom is 0.472 e. The molecule has 0 radical (unpaired) electrons. The normalized spacial score (nSPS) is 14.4. The summed E-state index contributed by atoms with van der Waals surface area (Å²) >= 11 is 0. The Morgan fingerprint density at radius 2 is 0.621 bits per heavy atom. The number of esters is 4. The van der Waals surface area contributed by atoms with E-state index >= 15 is 0 Å². The molecule has 0 aliphatic heterocycles. The minimum atomic E-state index is -4.96. The molecule has 0 amide bonds. The maximum absolute atomic E-state index is 13.0. The summed E-state index contributed by atoms with van der Waals surface area (Å²) in [7, 11) is -9.91. The highest BCUT2D eigenvalue weighted by molar-refractivity contribution is 7.47. The van der Waals surface area contributed by atoms with Crippen LogP contribution in [0, 0.1) is 17.8 Å². The Kier molecular flexibility index (Phi) is 57.0. The number of aliphatic hydroxyl groups excluding tert-OH is 1. The standard InChI is InChI=1S/C68H128O17P2/c1-8-9-10-11-12-13-14-15-16-17-18-22-27-37-44-51-67(72)84-63(55-78-65(70)49-42-35-29-24-26-33-40-47-60(4)5)57-82-86(74,75)80-53-62(69)54-81-87(76,77)83-58-64(56-79-66(71)50-43-36-31-30-34-41-48-61(6)7)85-68(73)52-45-38-28-23-20-19-21-25-32-39-46-59(2)3/h13-16,59-64,69H,8-12,17-58H2,1-7H3,(H,74,75)(H,76,77)/b14-13-,16-15-/t62?,63-,64-/m1/s1. The van der Waals surface area contributed by atoms with Crippen LogP contribution in [0.4, 0.5) is 0 Å². The number of phosphoric ester groups is 2. The summed E-state index contributed by atoms with van der Waals surface area (Å²) in [5, 5.41) is 10.6. The van der Waals surface area contributed by atoms with Gasteiger partial charge in [-0.2, -0.15) is 0 Å². The van der Waals surface area contributed by atoms with E-state index in [2.05, 4.69) is 72.8 Å². The van der Waals surface area contributed by atoms with E-state index in [1.165, 1.54) is 96.3 Å². The molecular weight excluding hydrogens is 1150 g/mol. The third kappa shape index (κ3) is 62.1. The minimum absolute atomic E-state index is 0.0836. The zero-order chi connectivity index (χ0) is 64.5. The molecule has 0 fully saturated rings. The van der Waals surface area contributed by atoms with Crippen molar-refractivity contribution in [1.29, 1.82) is 0 Å². The van der Waals surface area contributed by atoms with Gasteiger partial charge in [0.05, 0.1) is 26.4 Å². The molecule has 512 valence electrons. The first-order valence-electron chi connectivity index (χ1n) is 34.7. The van der Waals surface area contributed by atoms with E-state index in [4.69, 9.17) is 37.0 Å². The second-order valence-corrected chi connectivity index (χ2v) is 28.2. The van der Waals surface area contributed by atoms with Gasteiger partial charge in [0.25, 0.3) is 0 Å². The van der Waals surface area contributed by atoms with Crippen LogP contribution >= 0.6 is 15.6 Å². The second-order valence-electron chi connectivity index (χ2n) is 25.3. The van der Waals surface area contributed by atoms with E-state index in [1.807, 2.05) is 0 Å². The van der Waals surface area contributed by atoms with E-state index in [9.17, 15) is 43.2 Å². The summed E-state index contributed by atoms with van der Waals surface area (Å²) in [5.74, 6) is -0.0336. The van der Waals surface area contributed by atoms with Crippen LogP contribution < -0.4 is 0 Å².